The molecule has 1 fully saturated rings. The van der Waals surface area contributed by atoms with Crippen LogP contribution in [0.3, 0.4) is 0 Å². The summed E-state index contributed by atoms with van der Waals surface area (Å²) in [5.41, 5.74) is 4.94. The van der Waals surface area contributed by atoms with Gasteiger partial charge in [-0.2, -0.15) is 0 Å². The molecule has 5 N–H and O–H groups in total. The van der Waals surface area contributed by atoms with E-state index in [1.165, 1.54) is 12.8 Å². The normalized spacial score (nSPS) is 16.0. The number of carboxylic acid groups (broad SMARTS) is 1. The van der Waals surface area contributed by atoms with Gasteiger partial charge in [-0.15, -0.1) is 0 Å². The van der Waals surface area contributed by atoms with Gasteiger partial charge in [-0.1, -0.05) is 0 Å². The Hall–Kier alpha value is -1.63. The van der Waals surface area contributed by atoms with Gasteiger partial charge in [0.1, 0.15) is 6.04 Å². The van der Waals surface area contributed by atoms with E-state index < -0.39 is 17.9 Å². The molecule has 0 spiro atoms. The molecule has 2 amide bonds. The molecule has 7 nitrogen and oxygen atoms in total. The summed E-state index contributed by atoms with van der Waals surface area (Å²) < 4.78 is 0. The lowest BCUT2D eigenvalue weighted by molar-refractivity contribution is -0.142. The second-order valence-electron chi connectivity index (χ2n) is 4.54. The van der Waals surface area contributed by atoms with Crippen LogP contribution < -0.4 is 16.4 Å². The van der Waals surface area contributed by atoms with Crippen molar-refractivity contribution in [2.75, 3.05) is 13.1 Å². The molecule has 1 saturated carbocycles. The van der Waals surface area contributed by atoms with Crippen molar-refractivity contribution in [1.82, 2.24) is 10.6 Å². The van der Waals surface area contributed by atoms with Gasteiger partial charge in [-0.25, -0.2) is 4.79 Å². The maximum atomic E-state index is 11.5. The minimum Gasteiger partial charge on any atom is -0.480 e. The van der Waals surface area contributed by atoms with Crippen LogP contribution in [0, 0.1) is 5.92 Å². The van der Waals surface area contributed by atoms with Crippen LogP contribution >= 0.6 is 0 Å². The number of carbonyl (C=O) groups is 3. The van der Waals surface area contributed by atoms with Crippen LogP contribution in [0.2, 0.25) is 0 Å². The van der Waals surface area contributed by atoms with Crippen molar-refractivity contribution in [3.8, 4) is 0 Å². The SMILES string of the molecule is NC(=O)CC[C@@H](NC(=O)CNCC1CC1)C(=O)O. The first kappa shape index (κ1) is 14.4. The number of rotatable bonds is 9. The van der Waals surface area contributed by atoms with E-state index in [1.54, 1.807) is 0 Å². The van der Waals surface area contributed by atoms with E-state index in [-0.39, 0.29) is 25.3 Å². The highest BCUT2D eigenvalue weighted by atomic mass is 16.4. The molecular weight excluding hydrogens is 238 g/mol. The molecule has 0 bridgehead atoms. The predicted octanol–water partition coefficient (Wildman–Crippen LogP) is -1.18. The van der Waals surface area contributed by atoms with E-state index >= 15 is 0 Å². The molecule has 1 aliphatic carbocycles. The number of nitrogens with one attached hydrogen (secondary N) is 2. The largest absolute Gasteiger partial charge is 0.480 e. The fourth-order valence-corrected chi connectivity index (χ4v) is 1.50. The van der Waals surface area contributed by atoms with E-state index in [0.29, 0.717) is 5.92 Å². The van der Waals surface area contributed by atoms with Crippen molar-refractivity contribution in [2.45, 2.75) is 31.7 Å². The summed E-state index contributed by atoms with van der Waals surface area (Å²) in [6.07, 6.45) is 2.32. The lowest BCUT2D eigenvalue weighted by Crippen LogP contribution is -2.45. The third-order valence-electron chi connectivity index (χ3n) is 2.73. The second kappa shape index (κ2) is 6.95. The number of carboxylic acids is 1. The molecule has 0 unspecified atom stereocenters. The minimum atomic E-state index is -1.16. The number of aliphatic carboxylic acids is 1. The molecule has 1 atom stereocenters. The van der Waals surface area contributed by atoms with Crippen LogP contribution in [0.4, 0.5) is 0 Å². The Morgan fingerprint density at radius 1 is 1.33 bits per heavy atom. The third kappa shape index (κ3) is 6.19. The number of primary amides is 1. The van der Waals surface area contributed by atoms with Gasteiger partial charge in [-0.3, -0.25) is 9.59 Å². The van der Waals surface area contributed by atoms with Gasteiger partial charge in [0.15, 0.2) is 0 Å². The maximum absolute atomic E-state index is 11.5. The summed E-state index contributed by atoms with van der Waals surface area (Å²) in [6, 6.07) is -1.06. The van der Waals surface area contributed by atoms with Crippen molar-refractivity contribution in [3.63, 3.8) is 0 Å². The highest BCUT2D eigenvalue weighted by molar-refractivity contribution is 5.85. The quantitative estimate of drug-likeness (QED) is 0.414. The number of carbonyl (C=O) groups excluding carboxylic acids is 2. The molecule has 0 aliphatic heterocycles. The van der Waals surface area contributed by atoms with Gasteiger partial charge in [0.05, 0.1) is 6.54 Å². The summed E-state index contributed by atoms with van der Waals surface area (Å²) in [5, 5.41) is 14.2. The van der Waals surface area contributed by atoms with E-state index in [4.69, 9.17) is 10.8 Å². The van der Waals surface area contributed by atoms with Gasteiger partial charge in [0, 0.05) is 6.42 Å². The fourth-order valence-electron chi connectivity index (χ4n) is 1.50. The molecule has 102 valence electrons. The number of hydrogen-bond donors (Lipinski definition) is 4. The second-order valence-corrected chi connectivity index (χ2v) is 4.54. The van der Waals surface area contributed by atoms with E-state index in [0.717, 1.165) is 6.54 Å². The number of amides is 2. The zero-order valence-corrected chi connectivity index (χ0v) is 10.1. The standard InChI is InChI=1S/C11H19N3O4/c12-9(15)4-3-8(11(17)18)14-10(16)6-13-5-7-1-2-7/h7-8,13H,1-6H2,(H2,12,15)(H,14,16)(H,17,18)/t8-/m1/s1. The van der Waals surface area contributed by atoms with Crippen LogP contribution in [-0.2, 0) is 14.4 Å². The Bertz CT molecular complexity index is 328. The Kier molecular flexibility index (Phi) is 5.57. The highest BCUT2D eigenvalue weighted by Gasteiger charge is 2.22. The lowest BCUT2D eigenvalue weighted by Gasteiger charge is -2.13. The van der Waals surface area contributed by atoms with Crippen LogP contribution in [0.25, 0.3) is 0 Å². The Morgan fingerprint density at radius 3 is 2.50 bits per heavy atom. The first-order chi connectivity index (χ1) is 8.49. The zero-order chi connectivity index (χ0) is 13.5. The Labute approximate surface area is 105 Å². The van der Waals surface area contributed by atoms with Crippen LogP contribution in [0.1, 0.15) is 25.7 Å². The average molecular weight is 257 g/mol. The van der Waals surface area contributed by atoms with Crippen molar-refractivity contribution in [2.24, 2.45) is 11.7 Å². The van der Waals surface area contributed by atoms with Crippen molar-refractivity contribution in [1.29, 1.82) is 0 Å². The molecule has 1 rings (SSSR count). The number of hydrogen-bond acceptors (Lipinski definition) is 4. The van der Waals surface area contributed by atoms with Crippen LogP contribution in [0.5, 0.6) is 0 Å². The monoisotopic (exact) mass is 257 g/mol. The molecule has 0 aromatic heterocycles. The molecule has 0 heterocycles. The lowest BCUT2D eigenvalue weighted by atomic mass is 10.1. The molecule has 0 aromatic carbocycles. The third-order valence-corrected chi connectivity index (χ3v) is 2.73. The Balaban J connectivity index is 2.22. The first-order valence-corrected chi connectivity index (χ1v) is 6.00. The summed E-state index contributed by atoms with van der Waals surface area (Å²) in [7, 11) is 0. The molecule has 0 saturated heterocycles. The van der Waals surface area contributed by atoms with Gasteiger partial charge in [0.25, 0.3) is 0 Å². The first-order valence-electron chi connectivity index (χ1n) is 6.00. The molecular formula is C11H19N3O4. The van der Waals surface area contributed by atoms with Crippen LogP contribution in [0.15, 0.2) is 0 Å². The summed E-state index contributed by atoms with van der Waals surface area (Å²) in [6.45, 7) is 0.878. The number of nitrogens with two attached hydrogens (primary N) is 1. The van der Waals surface area contributed by atoms with Gasteiger partial charge < -0.3 is 21.5 Å². The van der Waals surface area contributed by atoms with Gasteiger partial charge in [-0.05, 0) is 31.7 Å². The Morgan fingerprint density at radius 2 is 2.00 bits per heavy atom. The average Bonchev–Trinajstić information content (AvgIpc) is 3.07. The molecule has 1 aliphatic rings. The molecule has 18 heavy (non-hydrogen) atoms. The highest BCUT2D eigenvalue weighted by Crippen LogP contribution is 2.27. The molecule has 7 heteroatoms. The van der Waals surface area contributed by atoms with Crippen molar-refractivity contribution >= 4 is 17.8 Å². The summed E-state index contributed by atoms with van der Waals surface area (Å²) in [5.74, 6) is -1.47. The zero-order valence-electron chi connectivity index (χ0n) is 10.1. The van der Waals surface area contributed by atoms with E-state index in [9.17, 15) is 14.4 Å². The van der Waals surface area contributed by atoms with E-state index in [2.05, 4.69) is 10.6 Å². The fraction of sp³-hybridized carbons (Fsp3) is 0.727. The minimum absolute atomic E-state index is 0.0129. The predicted molar refractivity (Wildman–Crippen MR) is 63.6 cm³/mol. The maximum Gasteiger partial charge on any atom is 0.326 e. The van der Waals surface area contributed by atoms with Gasteiger partial charge >= 0.3 is 5.97 Å². The van der Waals surface area contributed by atoms with Crippen molar-refractivity contribution < 1.29 is 19.5 Å². The van der Waals surface area contributed by atoms with Crippen molar-refractivity contribution in [3.05, 3.63) is 0 Å². The molecule has 0 radical (unpaired) electrons. The summed E-state index contributed by atoms with van der Waals surface area (Å²) >= 11 is 0. The van der Waals surface area contributed by atoms with E-state index in [1.807, 2.05) is 0 Å². The van der Waals surface area contributed by atoms with Gasteiger partial charge in [0.2, 0.25) is 11.8 Å². The molecule has 0 aromatic rings. The topological polar surface area (TPSA) is 122 Å². The smallest absolute Gasteiger partial charge is 0.326 e. The van der Waals surface area contributed by atoms with Crippen LogP contribution in [-0.4, -0.2) is 42.0 Å². The summed E-state index contributed by atoms with van der Waals surface area (Å²) in [4.78, 5) is 32.9.